The molecule has 0 aromatic carbocycles. The molecule has 4 aliphatic carbocycles. The number of hydrogen-bond acceptors (Lipinski definition) is 5. The molecule has 8 unspecified atom stereocenters. The first kappa shape index (κ1) is 15.6. The average molecular weight is 346 g/mol. The summed E-state index contributed by atoms with van der Waals surface area (Å²) in [6, 6.07) is 0. The Kier molecular flexibility index (Phi) is 2.60. The number of rotatable bonds is 1. The van der Waals surface area contributed by atoms with E-state index in [-0.39, 0.29) is 5.92 Å². The molecule has 25 heavy (non-hydrogen) atoms. The van der Waals surface area contributed by atoms with Crippen LogP contribution in [-0.4, -0.2) is 45.1 Å². The molecule has 1 aliphatic heterocycles. The minimum atomic E-state index is -1.24. The normalized spacial score (nSPS) is 55.5. The van der Waals surface area contributed by atoms with Crippen LogP contribution in [0.1, 0.15) is 32.6 Å². The van der Waals surface area contributed by atoms with Crippen molar-refractivity contribution in [2.75, 3.05) is 0 Å². The van der Waals surface area contributed by atoms with E-state index in [4.69, 9.17) is 4.74 Å². The van der Waals surface area contributed by atoms with Gasteiger partial charge in [-0.05, 0) is 55.6 Å². The van der Waals surface area contributed by atoms with Gasteiger partial charge in [0.05, 0.1) is 11.5 Å². The monoisotopic (exact) mass is 346 g/mol. The van der Waals surface area contributed by atoms with E-state index in [0.29, 0.717) is 31.3 Å². The van der Waals surface area contributed by atoms with Crippen LogP contribution in [0.25, 0.3) is 0 Å². The molecule has 5 aliphatic rings. The number of aliphatic hydroxyl groups is 2. The van der Waals surface area contributed by atoms with E-state index < -0.39 is 52.4 Å². The first-order valence-electron chi connectivity index (χ1n) is 8.89. The first-order valence-corrected chi connectivity index (χ1v) is 8.89. The second kappa shape index (κ2) is 4.18. The van der Waals surface area contributed by atoms with Crippen molar-refractivity contribution >= 4 is 11.9 Å². The van der Waals surface area contributed by atoms with Crippen molar-refractivity contribution in [2.45, 2.75) is 50.4 Å². The molecule has 0 radical (unpaired) electrons. The van der Waals surface area contributed by atoms with Gasteiger partial charge >= 0.3 is 11.9 Å². The van der Waals surface area contributed by atoms with Gasteiger partial charge in [0.25, 0.3) is 0 Å². The minimum Gasteiger partial charge on any atom is -0.481 e. The van der Waals surface area contributed by atoms with Crippen LogP contribution in [-0.2, 0) is 14.3 Å². The highest BCUT2D eigenvalue weighted by molar-refractivity contribution is 5.85. The van der Waals surface area contributed by atoms with E-state index >= 15 is 0 Å². The van der Waals surface area contributed by atoms with Gasteiger partial charge in [-0.3, -0.25) is 9.59 Å². The predicted molar refractivity (Wildman–Crippen MR) is 85.2 cm³/mol. The highest BCUT2D eigenvalue weighted by Gasteiger charge is 2.75. The fourth-order valence-electron chi connectivity index (χ4n) is 6.86. The van der Waals surface area contributed by atoms with E-state index in [2.05, 4.69) is 6.58 Å². The number of fused-ring (bicyclic) bond motifs is 6. The molecule has 134 valence electrons. The molecule has 8 atom stereocenters. The van der Waals surface area contributed by atoms with Crippen molar-refractivity contribution in [2.24, 2.45) is 28.6 Å². The number of carboxylic acid groups (broad SMARTS) is 1. The van der Waals surface area contributed by atoms with E-state index in [1.54, 1.807) is 13.0 Å². The maximum absolute atomic E-state index is 12.6. The number of esters is 1. The fourth-order valence-corrected chi connectivity index (χ4v) is 6.86. The van der Waals surface area contributed by atoms with Crippen LogP contribution in [0.4, 0.5) is 0 Å². The van der Waals surface area contributed by atoms with Crippen LogP contribution in [0.15, 0.2) is 23.8 Å². The third kappa shape index (κ3) is 1.47. The lowest BCUT2D eigenvalue weighted by atomic mass is 9.61. The van der Waals surface area contributed by atoms with Gasteiger partial charge < -0.3 is 20.1 Å². The molecule has 1 heterocycles. The van der Waals surface area contributed by atoms with Crippen molar-refractivity contribution < 1.29 is 29.6 Å². The quantitative estimate of drug-likeness (QED) is 0.484. The molecule has 1 saturated heterocycles. The summed E-state index contributed by atoms with van der Waals surface area (Å²) >= 11 is 0. The van der Waals surface area contributed by atoms with Gasteiger partial charge in [-0.1, -0.05) is 12.2 Å². The molecular weight excluding hydrogens is 324 g/mol. The van der Waals surface area contributed by atoms with Crippen molar-refractivity contribution in [1.29, 1.82) is 0 Å². The van der Waals surface area contributed by atoms with E-state index in [1.165, 1.54) is 0 Å². The molecule has 6 heteroatoms. The van der Waals surface area contributed by atoms with Crippen LogP contribution in [0.2, 0.25) is 0 Å². The lowest BCUT2D eigenvalue weighted by Crippen LogP contribution is -2.50. The van der Waals surface area contributed by atoms with E-state index in [9.17, 15) is 24.9 Å². The third-order valence-corrected chi connectivity index (χ3v) is 7.95. The van der Waals surface area contributed by atoms with Crippen LogP contribution < -0.4 is 0 Å². The SMILES string of the molecule is C=C1CC23CC1(O)CCC2C1=CC2OC(=O)C(C)(C2O)C1C3C(=O)O. The molecule has 0 aromatic rings. The Hall–Kier alpha value is -1.66. The molecule has 3 saturated carbocycles. The molecule has 5 rings (SSSR count). The van der Waals surface area contributed by atoms with Crippen LogP contribution in [0.3, 0.4) is 0 Å². The lowest BCUT2D eigenvalue weighted by molar-refractivity contribution is -0.157. The molecule has 4 bridgehead atoms. The molecule has 0 amide bonds. The van der Waals surface area contributed by atoms with E-state index in [1.807, 2.05) is 0 Å². The maximum Gasteiger partial charge on any atom is 0.315 e. The minimum absolute atomic E-state index is 0.0121. The molecule has 1 spiro atoms. The molecule has 0 aromatic heterocycles. The zero-order chi connectivity index (χ0) is 17.9. The summed E-state index contributed by atoms with van der Waals surface area (Å²) in [5.74, 6) is -2.92. The summed E-state index contributed by atoms with van der Waals surface area (Å²) < 4.78 is 5.34. The van der Waals surface area contributed by atoms with E-state index in [0.717, 1.165) is 5.57 Å². The van der Waals surface area contributed by atoms with Gasteiger partial charge in [0.2, 0.25) is 0 Å². The van der Waals surface area contributed by atoms with Gasteiger partial charge in [-0.25, -0.2) is 0 Å². The summed E-state index contributed by atoms with van der Waals surface area (Å²) in [6.45, 7) is 5.66. The number of ether oxygens (including phenoxy) is 1. The largest absolute Gasteiger partial charge is 0.481 e. The van der Waals surface area contributed by atoms with Crippen molar-refractivity contribution in [3.63, 3.8) is 0 Å². The highest BCUT2D eigenvalue weighted by Crippen LogP contribution is 2.74. The molecule has 4 fully saturated rings. The number of aliphatic carboxylic acids is 1. The zero-order valence-corrected chi connectivity index (χ0v) is 14.1. The first-order chi connectivity index (χ1) is 11.6. The molecule has 3 N–H and O–H groups in total. The topological polar surface area (TPSA) is 104 Å². The second-order valence-electron chi connectivity index (χ2n) is 8.87. The van der Waals surface area contributed by atoms with Gasteiger partial charge in [-0.15, -0.1) is 0 Å². The summed E-state index contributed by atoms with van der Waals surface area (Å²) in [4.78, 5) is 24.9. The number of aliphatic hydroxyl groups excluding tert-OH is 1. The number of carbonyl (C=O) groups is 2. The Balaban J connectivity index is 1.75. The van der Waals surface area contributed by atoms with Crippen LogP contribution in [0, 0.1) is 28.6 Å². The highest BCUT2D eigenvalue weighted by atomic mass is 16.6. The second-order valence-corrected chi connectivity index (χ2v) is 8.87. The number of allylic oxidation sites excluding steroid dienone is 1. The molecule has 6 nitrogen and oxygen atoms in total. The number of carbonyl (C=O) groups excluding carboxylic acids is 1. The predicted octanol–water partition coefficient (Wildman–Crippen LogP) is 1.03. The van der Waals surface area contributed by atoms with Crippen LogP contribution in [0.5, 0.6) is 0 Å². The Labute approximate surface area is 145 Å². The van der Waals surface area contributed by atoms with Crippen molar-refractivity contribution in [3.05, 3.63) is 23.8 Å². The Bertz CT molecular complexity index is 770. The Morgan fingerprint density at radius 1 is 1.44 bits per heavy atom. The van der Waals surface area contributed by atoms with Crippen LogP contribution >= 0.6 is 0 Å². The van der Waals surface area contributed by atoms with Gasteiger partial charge in [-0.2, -0.15) is 0 Å². The Morgan fingerprint density at radius 3 is 2.84 bits per heavy atom. The summed E-state index contributed by atoms with van der Waals surface area (Å²) in [7, 11) is 0. The standard InChI is InChI=1S/C19H22O6/c1-8-6-18-7-19(8,24)4-3-10(18)9-5-11-14(20)17(2,16(23)25-11)12(9)13(18)15(21)22/h5,10-14,20,24H,1,3-4,6-7H2,2H3,(H,21,22). The number of hydrogen-bond donors (Lipinski definition) is 3. The fraction of sp³-hybridized carbons (Fsp3) is 0.684. The summed E-state index contributed by atoms with van der Waals surface area (Å²) in [6.07, 6.45) is 2.14. The summed E-state index contributed by atoms with van der Waals surface area (Å²) in [5.41, 5.74) is -1.23. The number of carboxylic acids is 1. The van der Waals surface area contributed by atoms with Crippen molar-refractivity contribution in [1.82, 2.24) is 0 Å². The molecular formula is C19H22O6. The van der Waals surface area contributed by atoms with Gasteiger partial charge in [0.15, 0.2) is 0 Å². The van der Waals surface area contributed by atoms with Gasteiger partial charge in [0.1, 0.15) is 17.6 Å². The maximum atomic E-state index is 12.6. The average Bonchev–Trinajstić information content (AvgIpc) is 2.96. The summed E-state index contributed by atoms with van der Waals surface area (Å²) in [5, 5.41) is 31.7. The zero-order valence-electron chi connectivity index (χ0n) is 14.1. The lowest BCUT2D eigenvalue weighted by Gasteiger charge is -2.41. The van der Waals surface area contributed by atoms with Crippen molar-refractivity contribution in [3.8, 4) is 0 Å². The smallest absolute Gasteiger partial charge is 0.315 e. The van der Waals surface area contributed by atoms with Gasteiger partial charge in [0, 0.05) is 5.92 Å². The Morgan fingerprint density at radius 2 is 2.16 bits per heavy atom. The third-order valence-electron chi connectivity index (χ3n) is 7.95.